The second-order valence-electron chi connectivity index (χ2n) is 4.91. The normalized spacial score (nSPS) is 14.4. The van der Waals surface area contributed by atoms with Crippen molar-refractivity contribution in [2.24, 2.45) is 0 Å². The molecule has 1 aliphatic heterocycles. The molecule has 2 heterocycles. The molecule has 0 aliphatic carbocycles. The van der Waals surface area contributed by atoms with Gasteiger partial charge in [-0.15, -0.1) is 24.8 Å². The van der Waals surface area contributed by atoms with Gasteiger partial charge in [0.15, 0.2) is 17.8 Å². The van der Waals surface area contributed by atoms with Crippen molar-refractivity contribution >= 4 is 42.3 Å². The number of nitrogens with zero attached hydrogens (tertiary/aromatic N) is 2. The van der Waals surface area contributed by atoms with E-state index in [2.05, 4.69) is 10.3 Å². The summed E-state index contributed by atoms with van der Waals surface area (Å²) in [4.78, 5) is 18.6. The van der Waals surface area contributed by atoms with Crippen LogP contribution in [0.2, 0.25) is 5.02 Å². The quantitative estimate of drug-likeness (QED) is 0.871. The number of carbonyl (C=O) groups excluding carboxylic acids is 1. The van der Waals surface area contributed by atoms with E-state index in [-0.39, 0.29) is 30.7 Å². The Kier molecular flexibility index (Phi) is 7.85. The summed E-state index contributed by atoms with van der Waals surface area (Å²) >= 11 is 6.18. The van der Waals surface area contributed by atoms with Crippen molar-refractivity contribution in [3.05, 3.63) is 41.4 Å². The maximum atomic E-state index is 12.7. The molecule has 0 spiro atoms. The lowest BCUT2D eigenvalue weighted by molar-refractivity contribution is 0.0761. The Hall–Kier alpha value is -1.27. The highest BCUT2D eigenvalue weighted by Crippen LogP contribution is 2.30. The largest absolute Gasteiger partial charge is 0.443 e. The highest BCUT2D eigenvalue weighted by molar-refractivity contribution is 6.33. The van der Waals surface area contributed by atoms with E-state index in [0.717, 1.165) is 26.1 Å². The minimum Gasteiger partial charge on any atom is -0.443 e. The van der Waals surface area contributed by atoms with Crippen LogP contribution in [0, 0.1) is 0 Å². The maximum Gasteiger partial charge on any atom is 0.276 e. The third-order valence-electron chi connectivity index (χ3n) is 3.52. The number of benzene rings is 1. The molecule has 1 fully saturated rings. The average molecular weight is 379 g/mol. The lowest BCUT2D eigenvalue weighted by atomic mass is 10.1. The first-order valence-electron chi connectivity index (χ1n) is 6.96. The predicted molar refractivity (Wildman–Crippen MR) is 94.8 cm³/mol. The summed E-state index contributed by atoms with van der Waals surface area (Å²) in [6.45, 7) is 3.12. The van der Waals surface area contributed by atoms with E-state index >= 15 is 0 Å². The SMILES string of the molecule is Cl.Cl.O=C(c1ncoc1-c1ccccc1Cl)N1CCCNCC1. The number of carbonyl (C=O) groups is 1. The number of rotatable bonds is 2. The summed E-state index contributed by atoms with van der Waals surface area (Å²) in [5, 5.41) is 3.82. The van der Waals surface area contributed by atoms with E-state index in [1.54, 1.807) is 11.0 Å². The van der Waals surface area contributed by atoms with Gasteiger partial charge < -0.3 is 14.6 Å². The van der Waals surface area contributed by atoms with E-state index in [1.165, 1.54) is 6.39 Å². The number of oxazole rings is 1. The van der Waals surface area contributed by atoms with Crippen molar-refractivity contribution in [1.29, 1.82) is 0 Å². The summed E-state index contributed by atoms with van der Waals surface area (Å²) < 4.78 is 5.42. The van der Waals surface area contributed by atoms with Crippen molar-refractivity contribution in [2.75, 3.05) is 26.2 Å². The van der Waals surface area contributed by atoms with Crippen molar-refractivity contribution in [1.82, 2.24) is 15.2 Å². The number of halogens is 3. The Balaban J connectivity index is 0.00000132. The molecular formula is C15H18Cl3N3O2. The Morgan fingerprint density at radius 1 is 1.22 bits per heavy atom. The van der Waals surface area contributed by atoms with Gasteiger partial charge in [-0.2, -0.15) is 0 Å². The van der Waals surface area contributed by atoms with E-state index in [4.69, 9.17) is 16.0 Å². The molecule has 8 heteroatoms. The molecule has 1 amide bonds. The van der Waals surface area contributed by atoms with E-state index in [0.29, 0.717) is 28.6 Å². The zero-order valence-corrected chi connectivity index (χ0v) is 14.7. The first-order valence-corrected chi connectivity index (χ1v) is 7.33. The van der Waals surface area contributed by atoms with Crippen LogP contribution in [0.3, 0.4) is 0 Å². The molecule has 0 atom stereocenters. The highest BCUT2D eigenvalue weighted by Gasteiger charge is 2.25. The van der Waals surface area contributed by atoms with Crippen LogP contribution in [-0.2, 0) is 0 Å². The summed E-state index contributed by atoms with van der Waals surface area (Å²) in [5.74, 6) is 0.324. The molecule has 0 saturated carbocycles. The van der Waals surface area contributed by atoms with Crippen LogP contribution in [0.15, 0.2) is 35.1 Å². The molecule has 23 heavy (non-hydrogen) atoms. The summed E-state index contributed by atoms with van der Waals surface area (Å²) in [6, 6.07) is 7.28. The van der Waals surface area contributed by atoms with Crippen LogP contribution < -0.4 is 5.32 Å². The maximum absolute atomic E-state index is 12.7. The monoisotopic (exact) mass is 377 g/mol. The molecule has 3 rings (SSSR count). The van der Waals surface area contributed by atoms with Gasteiger partial charge in [-0.3, -0.25) is 4.79 Å². The molecule has 1 saturated heterocycles. The second kappa shape index (κ2) is 9.13. The number of hydrogen-bond donors (Lipinski definition) is 1. The molecule has 0 radical (unpaired) electrons. The van der Waals surface area contributed by atoms with Crippen molar-refractivity contribution in [2.45, 2.75) is 6.42 Å². The topological polar surface area (TPSA) is 58.4 Å². The molecule has 1 aromatic heterocycles. The van der Waals surface area contributed by atoms with Crippen molar-refractivity contribution in [3.8, 4) is 11.3 Å². The number of nitrogens with one attached hydrogen (secondary N) is 1. The Labute approximate surface area is 152 Å². The van der Waals surface area contributed by atoms with Gasteiger partial charge in [0.25, 0.3) is 5.91 Å². The van der Waals surface area contributed by atoms with Crippen LogP contribution in [0.5, 0.6) is 0 Å². The van der Waals surface area contributed by atoms with Gasteiger partial charge in [0.05, 0.1) is 5.02 Å². The zero-order valence-electron chi connectivity index (χ0n) is 12.3. The van der Waals surface area contributed by atoms with Crippen LogP contribution in [0.25, 0.3) is 11.3 Å². The fourth-order valence-electron chi connectivity index (χ4n) is 2.43. The molecule has 126 valence electrons. The van der Waals surface area contributed by atoms with Crippen molar-refractivity contribution in [3.63, 3.8) is 0 Å². The van der Waals surface area contributed by atoms with Crippen LogP contribution in [-0.4, -0.2) is 42.0 Å². The van der Waals surface area contributed by atoms with Crippen LogP contribution >= 0.6 is 36.4 Å². The number of hydrogen-bond acceptors (Lipinski definition) is 4. The van der Waals surface area contributed by atoms with Crippen LogP contribution in [0.1, 0.15) is 16.9 Å². The van der Waals surface area contributed by atoms with E-state index < -0.39 is 0 Å². The molecule has 1 aromatic carbocycles. The van der Waals surface area contributed by atoms with Gasteiger partial charge >= 0.3 is 0 Å². The zero-order chi connectivity index (χ0) is 14.7. The first kappa shape index (κ1) is 19.8. The lowest BCUT2D eigenvalue weighted by Gasteiger charge is -2.19. The predicted octanol–water partition coefficient (Wildman–Crippen LogP) is 3.27. The third-order valence-corrected chi connectivity index (χ3v) is 3.85. The Morgan fingerprint density at radius 2 is 2.00 bits per heavy atom. The fourth-order valence-corrected chi connectivity index (χ4v) is 2.66. The third kappa shape index (κ3) is 4.38. The van der Waals surface area contributed by atoms with Gasteiger partial charge in [0.1, 0.15) is 0 Å². The molecule has 0 bridgehead atoms. The van der Waals surface area contributed by atoms with Gasteiger partial charge in [0, 0.05) is 25.2 Å². The summed E-state index contributed by atoms with van der Waals surface area (Å²) in [5.41, 5.74) is 1.01. The average Bonchev–Trinajstić information content (AvgIpc) is 2.81. The second-order valence-corrected chi connectivity index (χ2v) is 5.31. The fraction of sp³-hybridized carbons (Fsp3) is 0.333. The van der Waals surface area contributed by atoms with Gasteiger partial charge in [-0.1, -0.05) is 23.7 Å². The molecule has 5 nitrogen and oxygen atoms in total. The van der Waals surface area contributed by atoms with E-state index in [1.807, 2.05) is 18.2 Å². The molecule has 2 aromatic rings. The number of amides is 1. The molecule has 1 aliphatic rings. The lowest BCUT2D eigenvalue weighted by Crippen LogP contribution is -2.34. The van der Waals surface area contributed by atoms with Crippen LogP contribution in [0.4, 0.5) is 0 Å². The smallest absolute Gasteiger partial charge is 0.276 e. The Bertz CT molecular complexity index is 640. The summed E-state index contributed by atoms with van der Waals surface area (Å²) in [6.07, 6.45) is 2.23. The minimum absolute atomic E-state index is 0. The molecule has 0 unspecified atom stereocenters. The molecule has 1 N–H and O–H groups in total. The Morgan fingerprint density at radius 3 is 2.78 bits per heavy atom. The number of aromatic nitrogens is 1. The van der Waals surface area contributed by atoms with Gasteiger partial charge in [-0.05, 0) is 25.1 Å². The highest BCUT2D eigenvalue weighted by atomic mass is 35.5. The van der Waals surface area contributed by atoms with Gasteiger partial charge in [0.2, 0.25) is 0 Å². The summed E-state index contributed by atoms with van der Waals surface area (Å²) in [7, 11) is 0. The standard InChI is InChI=1S/C15H16ClN3O2.2ClH/c16-12-5-2-1-4-11(12)14-13(18-10-21-14)15(20)19-8-3-6-17-7-9-19;;/h1-2,4-5,10,17H,3,6-9H2;2*1H. The van der Waals surface area contributed by atoms with Crippen molar-refractivity contribution < 1.29 is 9.21 Å². The first-order chi connectivity index (χ1) is 10.3. The molecular weight excluding hydrogens is 361 g/mol. The minimum atomic E-state index is -0.109. The van der Waals surface area contributed by atoms with Gasteiger partial charge in [-0.25, -0.2) is 4.98 Å². The van der Waals surface area contributed by atoms with E-state index in [9.17, 15) is 4.79 Å².